The molecule has 1 aliphatic heterocycles. The van der Waals surface area contributed by atoms with E-state index < -0.39 is 0 Å². The van der Waals surface area contributed by atoms with E-state index in [1.54, 1.807) is 18.0 Å². The second-order valence-corrected chi connectivity index (χ2v) is 8.07. The van der Waals surface area contributed by atoms with Crippen molar-refractivity contribution >= 4 is 11.8 Å². The van der Waals surface area contributed by atoms with Gasteiger partial charge in [0, 0.05) is 26.1 Å². The summed E-state index contributed by atoms with van der Waals surface area (Å²) in [6, 6.07) is 11.9. The van der Waals surface area contributed by atoms with Crippen molar-refractivity contribution in [2.24, 2.45) is 5.92 Å². The van der Waals surface area contributed by atoms with Crippen LogP contribution in [-0.2, 0) is 16.0 Å². The van der Waals surface area contributed by atoms with Crippen LogP contribution in [0.1, 0.15) is 42.5 Å². The zero-order chi connectivity index (χ0) is 21.3. The van der Waals surface area contributed by atoms with E-state index in [-0.39, 0.29) is 36.2 Å². The number of benzene rings is 2. The smallest absolute Gasteiger partial charge is 0.260 e. The van der Waals surface area contributed by atoms with Crippen LogP contribution in [0, 0.1) is 11.7 Å². The minimum atomic E-state index is -0.352. The molecule has 0 radical (unpaired) electrons. The van der Waals surface area contributed by atoms with Crippen molar-refractivity contribution in [2.75, 3.05) is 26.7 Å². The minimum absolute atomic E-state index is 0.0432. The number of hydrogen-bond donors (Lipinski definition) is 0. The van der Waals surface area contributed by atoms with Crippen LogP contribution >= 0.6 is 0 Å². The number of hydrogen-bond acceptors (Lipinski definition) is 3. The van der Waals surface area contributed by atoms with Crippen molar-refractivity contribution in [3.63, 3.8) is 0 Å². The maximum atomic E-state index is 14.0. The number of likely N-dealkylation sites (N-methyl/N-ethyl adjacent to an activating group) is 1. The third-order valence-corrected chi connectivity index (χ3v) is 5.98. The summed E-state index contributed by atoms with van der Waals surface area (Å²) in [5, 5.41) is 0. The van der Waals surface area contributed by atoms with Gasteiger partial charge in [0.05, 0.1) is 6.04 Å². The lowest BCUT2D eigenvalue weighted by atomic mass is 9.87. The van der Waals surface area contributed by atoms with Gasteiger partial charge in [-0.1, -0.05) is 18.2 Å². The summed E-state index contributed by atoms with van der Waals surface area (Å²) < 4.78 is 19.8. The lowest BCUT2D eigenvalue weighted by molar-refractivity contribution is -0.134. The van der Waals surface area contributed by atoms with Crippen LogP contribution in [0.25, 0.3) is 0 Å². The highest BCUT2D eigenvalue weighted by atomic mass is 19.1. The molecule has 0 aromatic heterocycles. The van der Waals surface area contributed by atoms with Crippen molar-refractivity contribution in [1.82, 2.24) is 9.80 Å². The molecular weight excluding hydrogens is 383 g/mol. The fourth-order valence-corrected chi connectivity index (χ4v) is 3.95. The summed E-state index contributed by atoms with van der Waals surface area (Å²) in [6.07, 6.45) is 2.60. The maximum Gasteiger partial charge on any atom is 0.260 e. The van der Waals surface area contributed by atoms with Gasteiger partial charge >= 0.3 is 0 Å². The van der Waals surface area contributed by atoms with Gasteiger partial charge in [-0.15, -0.1) is 0 Å². The van der Waals surface area contributed by atoms with Gasteiger partial charge in [-0.3, -0.25) is 9.59 Å². The molecule has 0 saturated heterocycles. The molecule has 1 fully saturated rings. The summed E-state index contributed by atoms with van der Waals surface area (Å²) >= 11 is 0. The molecule has 6 heteroatoms. The molecule has 158 valence electrons. The lowest BCUT2D eigenvalue weighted by Gasteiger charge is -2.38. The number of halogens is 1. The number of carbonyl (C=O) groups excluding carboxylic acids is 2. The number of nitrogens with zero attached hydrogens (tertiary/aromatic N) is 2. The van der Waals surface area contributed by atoms with E-state index in [2.05, 4.69) is 0 Å². The van der Waals surface area contributed by atoms with Gasteiger partial charge in [0.25, 0.3) is 5.91 Å². The maximum absolute atomic E-state index is 14.0. The van der Waals surface area contributed by atoms with E-state index in [4.69, 9.17) is 4.74 Å². The van der Waals surface area contributed by atoms with E-state index in [0.29, 0.717) is 18.8 Å². The second kappa shape index (κ2) is 8.46. The number of amides is 2. The molecule has 0 N–H and O–H groups in total. The predicted octanol–water partition coefficient (Wildman–Crippen LogP) is 3.57. The van der Waals surface area contributed by atoms with Crippen molar-refractivity contribution in [2.45, 2.75) is 32.2 Å². The number of rotatable bonds is 6. The molecule has 2 aromatic carbocycles. The molecule has 0 bridgehead atoms. The molecule has 1 atom stereocenters. The topological polar surface area (TPSA) is 49.9 Å². The van der Waals surface area contributed by atoms with Crippen molar-refractivity contribution < 1.29 is 18.7 Å². The summed E-state index contributed by atoms with van der Waals surface area (Å²) in [4.78, 5) is 28.6. The standard InChI is InChI=1S/C24H27FN2O3/c1-3-26(2)22(28)15-30-20-10-9-16-11-12-27(24(29)17-7-8-17)23(21(16)14-20)18-5-4-6-19(25)13-18/h4-6,9-10,13-14,17,23H,3,7-8,11-12,15H2,1-2H3. The van der Waals surface area contributed by atoms with E-state index in [0.717, 1.165) is 36.0 Å². The molecule has 2 amide bonds. The zero-order valence-corrected chi connectivity index (χ0v) is 17.4. The van der Waals surface area contributed by atoms with Gasteiger partial charge < -0.3 is 14.5 Å². The first-order valence-corrected chi connectivity index (χ1v) is 10.5. The van der Waals surface area contributed by atoms with Crippen LogP contribution in [-0.4, -0.2) is 48.4 Å². The SMILES string of the molecule is CCN(C)C(=O)COc1ccc2c(c1)C(c1cccc(F)c1)N(C(=O)C1CC1)CC2. The predicted molar refractivity (Wildman–Crippen MR) is 112 cm³/mol. The molecule has 2 aliphatic rings. The normalized spacial score (nSPS) is 18.0. The summed E-state index contributed by atoms with van der Waals surface area (Å²) in [5.74, 6) is 0.389. The van der Waals surface area contributed by atoms with E-state index >= 15 is 0 Å². The van der Waals surface area contributed by atoms with Crippen LogP contribution in [0.2, 0.25) is 0 Å². The van der Waals surface area contributed by atoms with Gasteiger partial charge in [-0.25, -0.2) is 4.39 Å². The highest BCUT2D eigenvalue weighted by Gasteiger charge is 2.39. The molecule has 0 spiro atoms. The average molecular weight is 410 g/mol. The Bertz CT molecular complexity index is 957. The van der Waals surface area contributed by atoms with Crippen LogP contribution in [0.15, 0.2) is 42.5 Å². The summed E-state index contributed by atoms with van der Waals surface area (Å²) in [6.45, 7) is 3.10. The second-order valence-electron chi connectivity index (χ2n) is 8.07. The number of carbonyl (C=O) groups is 2. The minimum Gasteiger partial charge on any atom is -0.484 e. The quantitative estimate of drug-likeness (QED) is 0.732. The first-order valence-electron chi connectivity index (χ1n) is 10.5. The molecule has 1 heterocycles. The van der Waals surface area contributed by atoms with Crippen molar-refractivity contribution in [3.8, 4) is 5.75 Å². The van der Waals surface area contributed by atoms with Gasteiger partial charge in [-0.2, -0.15) is 0 Å². The Morgan fingerprint density at radius 1 is 1.20 bits per heavy atom. The van der Waals surface area contributed by atoms with Gasteiger partial charge in [0.2, 0.25) is 5.91 Å². The van der Waals surface area contributed by atoms with E-state index in [9.17, 15) is 14.0 Å². The molecule has 1 aliphatic carbocycles. The Kier molecular flexibility index (Phi) is 5.75. The molecular formula is C24H27FN2O3. The fraction of sp³-hybridized carbons (Fsp3) is 0.417. The lowest BCUT2D eigenvalue weighted by Crippen LogP contribution is -2.41. The van der Waals surface area contributed by atoms with Gasteiger partial charge in [0.15, 0.2) is 6.61 Å². The summed E-state index contributed by atoms with van der Waals surface area (Å²) in [5.41, 5.74) is 2.81. The highest BCUT2D eigenvalue weighted by Crippen LogP contribution is 2.41. The largest absolute Gasteiger partial charge is 0.484 e. The van der Waals surface area contributed by atoms with Gasteiger partial charge in [-0.05, 0) is 67.1 Å². The van der Waals surface area contributed by atoms with Crippen molar-refractivity contribution in [3.05, 3.63) is 65.0 Å². The third-order valence-electron chi connectivity index (χ3n) is 5.98. The Morgan fingerprint density at radius 2 is 2.00 bits per heavy atom. The Labute approximate surface area is 176 Å². The van der Waals surface area contributed by atoms with Crippen LogP contribution in [0.3, 0.4) is 0 Å². The number of ether oxygens (including phenoxy) is 1. The van der Waals surface area contributed by atoms with E-state index in [1.807, 2.05) is 36.1 Å². The monoisotopic (exact) mass is 410 g/mol. The summed E-state index contributed by atoms with van der Waals surface area (Å²) in [7, 11) is 1.74. The molecule has 2 aromatic rings. The zero-order valence-electron chi connectivity index (χ0n) is 17.4. The highest BCUT2D eigenvalue weighted by molar-refractivity contribution is 5.82. The fourth-order valence-electron chi connectivity index (χ4n) is 3.95. The molecule has 1 saturated carbocycles. The Morgan fingerprint density at radius 3 is 2.70 bits per heavy atom. The molecule has 1 unspecified atom stereocenters. The number of fused-ring (bicyclic) bond motifs is 1. The van der Waals surface area contributed by atoms with Crippen molar-refractivity contribution in [1.29, 1.82) is 0 Å². The van der Waals surface area contributed by atoms with Gasteiger partial charge in [0.1, 0.15) is 11.6 Å². The molecule has 4 rings (SSSR count). The molecule has 30 heavy (non-hydrogen) atoms. The molecule has 5 nitrogen and oxygen atoms in total. The Balaban J connectivity index is 1.66. The van der Waals surface area contributed by atoms with Crippen LogP contribution < -0.4 is 4.74 Å². The average Bonchev–Trinajstić information content (AvgIpc) is 3.60. The first-order chi connectivity index (χ1) is 14.5. The van der Waals surface area contributed by atoms with Crippen LogP contribution in [0.5, 0.6) is 5.75 Å². The van der Waals surface area contributed by atoms with E-state index in [1.165, 1.54) is 12.1 Å². The third kappa shape index (κ3) is 4.18. The first kappa shape index (κ1) is 20.4. The Hall–Kier alpha value is -2.89. The van der Waals surface area contributed by atoms with Crippen LogP contribution in [0.4, 0.5) is 4.39 Å².